The van der Waals surface area contributed by atoms with Crippen LogP contribution < -0.4 is 10.3 Å². The second-order valence-electron chi connectivity index (χ2n) is 7.80. The Balaban J connectivity index is 1.46. The van der Waals surface area contributed by atoms with Gasteiger partial charge < -0.3 is 14.2 Å². The number of carbonyl (C=O) groups is 1. The molecule has 148 valence electrons. The van der Waals surface area contributed by atoms with Gasteiger partial charge in [-0.1, -0.05) is 18.2 Å². The highest BCUT2D eigenvalue weighted by Crippen LogP contribution is 2.36. The zero-order valence-electron chi connectivity index (χ0n) is 16.2. The van der Waals surface area contributed by atoms with E-state index in [9.17, 15) is 9.59 Å². The average Bonchev–Trinajstić information content (AvgIpc) is 3.29. The lowest BCUT2D eigenvalue weighted by atomic mass is 9.82. The standard InChI is InChI=1S/C23H22N2O3S/c1-28-18-6-4-16(5-7-18)19-8-9-20-17-11-15(13-25(20)22(19)26)12-24(14-17)23(27)21-3-2-10-29-21/h2-10,15,17H,11-14H2,1H3/t15-,17-/m1/s1. The molecule has 0 unspecified atom stereocenters. The molecule has 3 aromatic rings. The summed E-state index contributed by atoms with van der Waals surface area (Å²) < 4.78 is 7.15. The van der Waals surface area contributed by atoms with Crippen LogP contribution in [0.1, 0.15) is 27.7 Å². The number of likely N-dealkylation sites (tertiary alicyclic amines) is 1. The minimum atomic E-state index is 0.0559. The summed E-state index contributed by atoms with van der Waals surface area (Å²) in [6.07, 6.45) is 1.04. The van der Waals surface area contributed by atoms with E-state index in [0.717, 1.165) is 28.3 Å². The maximum absolute atomic E-state index is 13.3. The van der Waals surface area contributed by atoms with Crippen LogP contribution in [0.2, 0.25) is 0 Å². The van der Waals surface area contributed by atoms with Crippen molar-refractivity contribution in [2.75, 3.05) is 20.2 Å². The fourth-order valence-electron chi connectivity index (χ4n) is 4.66. The molecule has 2 bridgehead atoms. The van der Waals surface area contributed by atoms with Gasteiger partial charge in [-0.05, 0) is 53.6 Å². The SMILES string of the molecule is COc1ccc(-c2ccc3n(c2=O)C[C@@H]2C[C@@H]3CN(C(=O)c3cccs3)C2)cc1. The van der Waals surface area contributed by atoms with Crippen molar-refractivity contribution < 1.29 is 9.53 Å². The predicted molar refractivity (Wildman–Crippen MR) is 114 cm³/mol. The molecule has 6 heteroatoms. The molecule has 0 saturated carbocycles. The summed E-state index contributed by atoms with van der Waals surface area (Å²) >= 11 is 1.49. The Morgan fingerprint density at radius 1 is 1.07 bits per heavy atom. The van der Waals surface area contributed by atoms with Crippen molar-refractivity contribution in [3.63, 3.8) is 0 Å². The Kier molecular flexibility index (Phi) is 4.51. The summed E-state index contributed by atoms with van der Waals surface area (Å²) in [4.78, 5) is 28.8. The largest absolute Gasteiger partial charge is 0.497 e. The Bertz CT molecular complexity index is 1100. The molecule has 1 amide bonds. The lowest BCUT2D eigenvalue weighted by Gasteiger charge is -2.42. The van der Waals surface area contributed by atoms with Gasteiger partial charge in [0.05, 0.1) is 12.0 Å². The summed E-state index contributed by atoms with van der Waals surface area (Å²) in [5, 5.41) is 1.94. The molecule has 0 aliphatic carbocycles. The number of hydrogen-bond donors (Lipinski definition) is 0. The van der Waals surface area contributed by atoms with Crippen molar-refractivity contribution in [2.24, 2.45) is 5.92 Å². The fourth-order valence-corrected chi connectivity index (χ4v) is 5.35. The minimum Gasteiger partial charge on any atom is -0.497 e. The summed E-state index contributed by atoms with van der Waals surface area (Å²) in [5.74, 6) is 1.41. The van der Waals surface area contributed by atoms with Crippen LogP contribution in [-0.4, -0.2) is 35.6 Å². The van der Waals surface area contributed by atoms with Crippen molar-refractivity contribution >= 4 is 17.2 Å². The Morgan fingerprint density at radius 2 is 1.90 bits per heavy atom. The van der Waals surface area contributed by atoms with Gasteiger partial charge in [0.25, 0.3) is 11.5 Å². The van der Waals surface area contributed by atoms with E-state index in [1.165, 1.54) is 11.3 Å². The monoisotopic (exact) mass is 406 g/mol. The third-order valence-electron chi connectivity index (χ3n) is 6.02. The number of fused-ring (bicyclic) bond motifs is 4. The maximum Gasteiger partial charge on any atom is 0.263 e. The molecule has 1 aromatic carbocycles. The average molecular weight is 407 g/mol. The van der Waals surface area contributed by atoms with Gasteiger partial charge in [0.15, 0.2) is 0 Å². The first-order chi connectivity index (χ1) is 14.1. The normalized spacial score (nSPS) is 20.2. The van der Waals surface area contributed by atoms with Gasteiger partial charge >= 0.3 is 0 Å². The van der Waals surface area contributed by atoms with Crippen molar-refractivity contribution in [3.8, 4) is 16.9 Å². The summed E-state index contributed by atoms with van der Waals surface area (Å²) in [7, 11) is 1.63. The van der Waals surface area contributed by atoms with E-state index >= 15 is 0 Å². The van der Waals surface area contributed by atoms with E-state index in [-0.39, 0.29) is 17.4 Å². The van der Waals surface area contributed by atoms with Gasteiger partial charge in [0, 0.05) is 36.8 Å². The number of thiophene rings is 1. The van der Waals surface area contributed by atoms with Crippen LogP contribution in [-0.2, 0) is 6.54 Å². The first-order valence-electron chi connectivity index (χ1n) is 9.85. The quantitative estimate of drug-likeness (QED) is 0.664. The van der Waals surface area contributed by atoms with E-state index in [2.05, 4.69) is 6.07 Å². The van der Waals surface area contributed by atoms with Crippen molar-refractivity contribution in [1.82, 2.24) is 9.47 Å². The number of pyridine rings is 1. The van der Waals surface area contributed by atoms with Crippen molar-refractivity contribution in [3.05, 3.63) is 74.8 Å². The van der Waals surface area contributed by atoms with Crippen LogP contribution in [0.3, 0.4) is 0 Å². The van der Waals surface area contributed by atoms with Crippen LogP contribution in [0.25, 0.3) is 11.1 Å². The van der Waals surface area contributed by atoms with Gasteiger partial charge in [-0.3, -0.25) is 9.59 Å². The number of amides is 1. The number of aromatic nitrogens is 1. The number of carbonyl (C=O) groups excluding carboxylic acids is 1. The van der Waals surface area contributed by atoms with Crippen LogP contribution in [0.15, 0.2) is 58.7 Å². The van der Waals surface area contributed by atoms with Crippen molar-refractivity contribution in [1.29, 1.82) is 0 Å². The maximum atomic E-state index is 13.3. The Labute approximate surface area is 173 Å². The number of benzene rings is 1. The molecule has 0 spiro atoms. The van der Waals surface area contributed by atoms with Crippen LogP contribution >= 0.6 is 11.3 Å². The van der Waals surface area contributed by atoms with Gasteiger partial charge in [0.1, 0.15) is 5.75 Å². The minimum absolute atomic E-state index is 0.0559. The molecule has 5 nitrogen and oxygen atoms in total. The molecule has 5 rings (SSSR count). The highest BCUT2D eigenvalue weighted by molar-refractivity contribution is 7.12. The highest BCUT2D eigenvalue weighted by atomic mass is 32.1. The number of methoxy groups -OCH3 is 1. The summed E-state index contributed by atoms with van der Waals surface area (Å²) in [6.45, 7) is 2.06. The molecular weight excluding hydrogens is 384 g/mol. The van der Waals surface area contributed by atoms with E-state index in [1.807, 2.05) is 57.3 Å². The lowest BCUT2D eigenvalue weighted by Crippen LogP contribution is -2.49. The molecule has 29 heavy (non-hydrogen) atoms. The van der Waals surface area contributed by atoms with Gasteiger partial charge in [0.2, 0.25) is 0 Å². The molecule has 2 aliphatic rings. The Hall–Kier alpha value is -2.86. The third kappa shape index (κ3) is 3.17. The second kappa shape index (κ2) is 7.19. The highest BCUT2D eigenvalue weighted by Gasteiger charge is 2.37. The van der Waals surface area contributed by atoms with E-state index in [4.69, 9.17) is 4.74 Å². The van der Waals surface area contributed by atoms with E-state index in [0.29, 0.717) is 31.1 Å². The van der Waals surface area contributed by atoms with Crippen LogP contribution in [0, 0.1) is 5.92 Å². The zero-order chi connectivity index (χ0) is 20.0. The number of piperidine rings is 1. The molecule has 1 fully saturated rings. The van der Waals surface area contributed by atoms with Gasteiger partial charge in [-0.15, -0.1) is 11.3 Å². The smallest absolute Gasteiger partial charge is 0.263 e. The number of hydrogen-bond acceptors (Lipinski definition) is 4. The van der Waals surface area contributed by atoms with Gasteiger partial charge in [-0.25, -0.2) is 0 Å². The molecule has 4 heterocycles. The third-order valence-corrected chi connectivity index (χ3v) is 6.88. The van der Waals surface area contributed by atoms with Crippen molar-refractivity contribution in [2.45, 2.75) is 18.9 Å². The molecule has 2 aromatic heterocycles. The fraction of sp³-hybridized carbons (Fsp3) is 0.304. The molecule has 2 aliphatic heterocycles. The predicted octanol–water partition coefficient (Wildman–Crippen LogP) is 3.84. The molecular formula is C23H22N2O3S. The number of nitrogens with zero attached hydrogens (tertiary/aromatic N) is 2. The lowest BCUT2D eigenvalue weighted by molar-refractivity contribution is 0.0599. The van der Waals surface area contributed by atoms with Crippen LogP contribution in [0.5, 0.6) is 5.75 Å². The number of ether oxygens (including phenoxy) is 1. The van der Waals surface area contributed by atoms with Crippen LogP contribution in [0.4, 0.5) is 0 Å². The molecule has 1 saturated heterocycles. The topological polar surface area (TPSA) is 51.5 Å². The summed E-state index contributed by atoms with van der Waals surface area (Å²) in [5.41, 5.74) is 2.71. The van der Waals surface area contributed by atoms with E-state index < -0.39 is 0 Å². The summed E-state index contributed by atoms with van der Waals surface area (Å²) in [6, 6.07) is 15.4. The number of rotatable bonds is 3. The zero-order valence-corrected chi connectivity index (χ0v) is 17.0. The molecule has 2 atom stereocenters. The first-order valence-corrected chi connectivity index (χ1v) is 10.7. The van der Waals surface area contributed by atoms with Gasteiger partial charge in [-0.2, -0.15) is 0 Å². The second-order valence-corrected chi connectivity index (χ2v) is 8.75. The van der Waals surface area contributed by atoms with E-state index in [1.54, 1.807) is 7.11 Å². The molecule has 0 N–H and O–H groups in total. The first kappa shape index (κ1) is 18.2. The molecule has 0 radical (unpaired) electrons. The Morgan fingerprint density at radius 3 is 2.62 bits per heavy atom.